The van der Waals surface area contributed by atoms with E-state index in [1.54, 1.807) is 19.9 Å². The molecule has 1 aromatic rings. The minimum absolute atomic E-state index is 0.0835. The number of anilines is 1. The molecule has 0 aliphatic carbocycles. The number of nitrogens with one attached hydrogen (secondary N) is 1. The van der Waals surface area contributed by atoms with Crippen LogP contribution >= 0.6 is 0 Å². The van der Waals surface area contributed by atoms with E-state index >= 15 is 0 Å². The monoisotopic (exact) mass is 219 g/mol. The Morgan fingerprint density at radius 2 is 1.88 bits per heavy atom. The molecule has 3 heteroatoms. The minimum Gasteiger partial charge on any atom is -0.386 e. The molecule has 16 heavy (non-hydrogen) atoms. The van der Waals surface area contributed by atoms with E-state index in [0.717, 1.165) is 11.3 Å². The van der Waals surface area contributed by atoms with Gasteiger partial charge in [-0.1, -0.05) is 24.3 Å². The quantitative estimate of drug-likeness (QED) is 0.820. The molecule has 0 unspecified atom stereocenters. The Kier molecular flexibility index (Phi) is 3.85. The number of hydrogen-bond acceptors (Lipinski definition) is 2. The van der Waals surface area contributed by atoms with Crippen LogP contribution in [-0.2, 0) is 4.79 Å². The van der Waals surface area contributed by atoms with E-state index in [-0.39, 0.29) is 5.91 Å². The molecule has 0 saturated carbocycles. The van der Waals surface area contributed by atoms with Gasteiger partial charge in [0.15, 0.2) is 0 Å². The van der Waals surface area contributed by atoms with Crippen LogP contribution in [0.1, 0.15) is 26.3 Å². The Labute approximate surface area is 95.8 Å². The summed E-state index contributed by atoms with van der Waals surface area (Å²) in [4.78, 5) is 10.8. The van der Waals surface area contributed by atoms with Crippen LogP contribution in [0.15, 0.2) is 30.3 Å². The molecule has 3 nitrogen and oxygen atoms in total. The summed E-state index contributed by atoms with van der Waals surface area (Å²) < 4.78 is 0. The summed E-state index contributed by atoms with van der Waals surface area (Å²) in [6, 6.07) is 7.41. The fourth-order valence-corrected chi connectivity index (χ4v) is 1.18. The molecule has 0 bridgehead atoms. The Morgan fingerprint density at radius 3 is 2.31 bits per heavy atom. The topological polar surface area (TPSA) is 49.3 Å². The van der Waals surface area contributed by atoms with Crippen molar-refractivity contribution in [1.82, 2.24) is 0 Å². The Morgan fingerprint density at radius 1 is 1.31 bits per heavy atom. The van der Waals surface area contributed by atoms with Crippen LogP contribution in [0.4, 0.5) is 5.69 Å². The van der Waals surface area contributed by atoms with Gasteiger partial charge in [-0.2, -0.15) is 0 Å². The molecule has 2 N–H and O–H groups in total. The first kappa shape index (κ1) is 12.5. The highest BCUT2D eigenvalue weighted by Gasteiger charge is 2.05. The summed E-state index contributed by atoms with van der Waals surface area (Å²) in [6.45, 7) is 4.91. The number of rotatable bonds is 3. The molecule has 0 aromatic heterocycles. The van der Waals surface area contributed by atoms with Gasteiger partial charge in [-0.05, 0) is 31.5 Å². The molecule has 0 heterocycles. The average Bonchev–Trinajstić information content (AvgIpc) is 2.14. The third-order valence-corrected chi connectivity index (χ3v) is 1.91. The van der Waals surface area contributed by atoms with E-state index in [4.69, 9.17) is 0 Å². The molecule has 86 valence electrons. The summed E-state index contributed by atoms with van der Waals surface area (Å²) in [6.07, 6.45) is 3.57. The van der Waals surface area contributed by atoms with Gasteiger partial charge in [-0.25, -0.2) is 0 Å². The lowest BCUT2D eigenvalue weighted by atomic mass is 10.1. The van der Waals surface area contributed by atoms with Gasteiger partial charge in [0.2, 0.25) is 5.91 Å². The van der Waals surface area contributed by atoms with Gasteiger partial charge >= 0.3 is 0 Å². The maximum atomic E-state index is 10.8. The highest BCUT2D eigenvalue weighted by Crippen LogP contribution is 2.12. The second-order valence-corrected chi connectivity index (χ2v) is 4.29. The Bertz CT molecular complexity index is 385. The third kappa shape index (κ3) is 4.75. The first-order valence-corrected chi connectivity index (χ1v) is 5.16. The second kappa shape index (κ2) is 4.94. The normalized spacial score (nSPS) is 11.8. The van der Waals surface area contributed by atoms with Gasteiger partial charge in [0.05, 0.1) is 5.60 Å². The van der Waals surface area contributed by atoms with E-state index in [1.165, 1.54) is 6.92 Å². The van der Waals surface area contributed by atoms with Gasteiger partial charge < -0.3 is 10.4 Å². The van der Waals surface area contributed by atoms with Crippen molar-refractivity contribution in [1.29, 1.82) is 0 Å². The van der Waals surface area contributed by atoms with Crippen LogP contribution < -0.4 is 5.32 Å². The van der Waals surface area contributed by atoms with E-state index in [0.29, 0.717) is 0 Å². The molecule has 1 rings (SSSR count). The SMILES string of the molecule is CC(=O)Nc1ccc(/C=C/C(C)(C)O)cc1. The summed E-state index contributed by atoms with van der Waals surface area (Å²) in [5.74, 6) is -0.0835. The largest absolute Gasteiger partial charge is 0.386 e. The van der Waals surface area contributed by atoms with E-state index in [2.05, 4.69) is 5.32 Å². The molecule has 1 aromatic carbocycles. The zero-order chi connectivity index (χ0) is 12.2. The van der Waals surface area contributed by atoms with Gasteiger partial charge in [0.1, 0.15) is 0 Å². The van der Waals surface area contributed by atoms with E-state index < -0.39 is 5.60 Å². The van der Waals surface area contributed by atoms with Gasteiger partial charge in [0.25, 0.3) is 0 Å². The van der Waals surface area contributed by atoms with Crippen LogP contribution in [0.25, 0.3) is 6.08 Å². The highest BCUT2D eigenvalue weighted by atomic mass is 16.3. The smallest absolute Gasteiger partial charge is 0.221 e. The van der Waals surface area contributed by atoms with E-state index in [9.17, 15) is 9.90 Å². The van der Waals surface area contributed by atoms with Crippen molar-refractivity contribution in [2.24, 2.45) is 0 Å². The number of benzene rings is 1. The highest BCUT2D eigenvalue weighted by molar-refractivity contribution is 5.88. The van der Waals surface area contributed by atoms with Crippen LogP contribution in [0.3, 0.4) is 0 Å². The molecule has 0 atom stereocenters. The minimum atomic E-state index is -0.809. The Hall–Kier alpha value is -1.61. The molecule has 0 spiro atoms. The van der Waals surface area contributed by atoms with Crippen LogP contribution in [-0.4, -0.2) is 16.6 Å². The van der Waals surface area contributed by atoms with Gasteiger partial charge in [-0.15, -0.1) is 0 Å². The van der Waals surface area contributed by atoms with Crippen molar-refractivity contribution < 1.29 is 9.90 Å². The van der Waals surface area contributed by atoms with E-state index in [1.807, 2.05) is 30.3 Å². The number of amides is 1. The lowest BCUT2D eigenvalue weighted by molar-refractivity contribution is -0.114. The molecule has 0 fully saturated rings. The van der Waals surface area contributed by atoms with Crippen molar-refractivity contribution in [2.75, 3.05) is 5.32 Å². The zero-order valence-corrected chi connectivity index (χ0v) is 9.82. The summed E-state index contributed by atoms with van der Waals surface area (Å²) in [5, 5.41) is 12.2. The van der Waals surface area contributed by atoms with Crippen molar-refractivity contribution in [3.8, 4) is 0 Å². The predicted octanol–water partition coefficient (Wildman–Crippen LogP) is 2.43. The molecule has 1 amide bonds. The zero-order valence-electron chi connectivity index (χ0n) is 9.82. The number of carbonyl (C=O) groups excluding carboxylic acids is 1. The molecule has 0 saturated heterocycles. The van der Waals surface area contributed by atoms with Crippen molar-refractivity contribution >= 4 is 17.7 Å². The Balaban J connectivity index is 2.72. The number of hydrogen-bond donors (Lipinski definition) is 2. The van der Waals surface area contributed by atoms with Crippen LogP contribution in [0.5, 0.6) is 0 Å². The predicted molar refractivity (Wildman–Crippen MR) is 66.1 cm³/mol. The van der Waals surface area contributed by atoms with Crippen LogP contribution in [0.2, 0.25) is 0 Å². The fourth-order valence-electron chi connectivity index (χ4n) is 1.18. The standard InChI is InChI=1S/C13H17NO2/c1-10(15)14-12-6-4-11(5-7-12)8-9-13(2,3)16/h4-9,16H,1-3H3,(H,14,15)/b9-8+. The average molecular weight is 219 g/mol. The summed E-state index contributed by atoms with van der Waals surface area (Å²) >= 11 is 0. The summed E-state index contributed by atoms with van der Waals surface area (Å²) in [7, 11) is 0. The molecule has 0 aliphatic rings. The lowest BCUT2D eigenvalue weighted by Crippen LogP contribution is -2.13. The van der Waals surface area contributed by atoms with Crippen molar-refractivity contribution in [2.45, 2.75) is 26.4 Å². The lowest BCUT2D eigenvalue weighted by Gasteiger charge is -2.10. The second-order valence-electron chi connectivity index (χ2n) is 4.29. The third-order valence-electron chi connectivity index (χ3n) is 1.91. The molecular weight excluding hydrogens is 202 g/mol. The number of carbonyl (C=O) groups is 1. The maximum Gasteiger partial charge on any atom is 0.221 e. The van der Waals surface area contributed by atoms with Gasteiger partial charge in [0, 0.05) is 12.6 Å². The molecular formula is C13H17NO2. The summed E-state index contributed by atoms with van der Waals surface area (Å²) in [5.41, 5.74) is 0.945. The first-order chi connectivity index (χ1) is 7.37. The maximum absolute atomic E-state index is 10.8. The van der Waals surface area contributed by atoms with Crippen molar-refractivity contribution in [3.05, 3.63) is 35.9 Å². The fraction of sp³-hybridized carbons (Fsp3) is 0.308. The molecule has 0 aliphatic heterocycles. The number of aliphatic hydroxyl groups is 1. The van der Waals surface area contributed by atoms with Gasteiger partial charge in [-0.3, -0.25) is 4.79 Å². The molecule has 0 radical (unpaired) electrons. The first-order valence-electron chi connectivity index (χ1n) is 5.16. The van der Waals surface area contributed by atoms with Crippen LogP contribution in [0, 0.1) is 0 Å². The van der Waals surface area contributed by atoms with Crippen molar-refractivity contribution in [3.63, 3.8) is 0 Å².